The normalized spacial score (nSPS) is 12.8. The number of ether oxygens (including phenoxy) is 2. The molecule has 1 rings (SSSR count). The zero-order chi connectivity index (χ0) is 13.5. The molecule has 4 nitrogen and oxygen atoms in total. The van der Waals surface area contributed by atoms with Crippen LogP contribution in [0.25, 0.3) is 0 Å². The minimum Gasteiger partial charge on any atom is -0.381 e. The Kier molecular flexibility index (Phi) is 6.63. The number of anilines is 1. The van der Waals surface area contributed by atoms with Gasteiger partial charge in [0.15, 0.2) is 6.29 Å². The summed E-state index contributed by atoms with van der Waals surface area (Å²) in [5.74, 6) is 0. The maximum atomic E-state index is 5.77. The predicted octanol–water partition coefficient (Wildman–Crippen LogP) is 2.51. The topological polar surface area (TPSA) is 56.5 Å². The Morgan fingerprint density at radius 2 is 1.94 bits per heavy atom. The molecule has 0 aliphatic heterocycles. The summed E-state index contributed by atoms with van der Waals surface area (Å²) < 4.78 is 11.4. The number of hydrogen-bond donors (Lipinski definition) is 2. The third kappa shape index (κ3) is 4.94. The highest BCUT2D eigenvalue weighted by molar-refractivity contribution is 9.10. The Hall–Kier alpha value is -0.620. The van der Waals surface area contributed by atoms with Crippen molar-refractivity contribution in [1.29, 1.82) is 0 Å². The average Bonchev–Trinajstić information content (AvgIpc) is 2.33. The first kappa shape index (κ1) is 15.4. The van der Waals surface area contributed by atoms with Gasteiger partial charge in [-0.25, -0.2) is 0 Å². The maximum Gasteiger partial charge on any atom is 0.158 e. The lowest BCUT2D eigenvalue weighted by molar-refractivity contribution is -0.107. The van der Waals surface area contributed by atoms with E-state index in [0.717, 1.165) is 10.2 Å². The molecule has 0 bridgehead atoms. The van der Waals surface area contributed by atoms with E-state index in [0.29, 0.717) is 13.0 Å². The molecule has 18 heavy (non-hydrogen) atoms. The van der Waals surface area contributed by atoms with E-state index in [4.69, 9.17) is 15.2 Å². The van der Waals surface area contributed by atoms with Crippen molar-refractivity contribution in [2.75, 3.05) is 26.1 Å². The third-order valence-corrected chi connectivity index (χ3v) is 3.16. The molecular formula is C13H21BrN2O2. The number of rotatable bonds is 7. The summed E-state index contributed by atoms with van der Waals surface area (Å²) >= 11 is 3.48. The first-order valence-electron chi connectivity index (χ1n) is 5.88. The lowest BCUT2D eigenvalue weighted by Crippen LogP contribution is -2.34. The van der Waals surface area contributed by atoms with Crippen LogP contribution in [0.3, 0.4) is 0 Å². The Bertz CT molecular complexity index is 350. The van der Waals surface area contributed by atoms with Crippen molar-refractivity contribution in [2.24, 2.45) is 5.73 Å². The number of nitrogens with one attached hydrogen (secondary N) is 1. The summed E-state index contributed by atoms with van der Waals surface area (Å²) in [6.07, 6.45) is 0.467. The second-order valence-corrected chi connectivity index (χ2v) is 5.15. The third-order valence-electron chi connectivity index (χ3n) is 2.70. The molecule has 1 aromatic carbocycles. The number of methoxy groups -OCH3 is 2. The number of nitrogens with two attached hydrogens (primary N) is 1. The highest BCUT2D eigenvalue weighted by Gasteiger charge is 2.14. The van der Waals surface area contributed by atoms with Gasteiger partial charge in [-0.3, -0.25) is 0 Å². The second kappa shape index (κ2) is 7.74. The summed E-state index contributed by atoms with van der Waals surface area (Å²) in [6, 6.07) is 6.30. The highest BCUT2D eigenvalue weighted by atomic mass is 79.9. The van der Waals surface area contributed by atoms with Crippen molar-refractivity contribution >= 4 is 21.6 Å². The van der Waals surface area contributed by atoms with Crippen molar-refractivity contribution in [2.45, 2.75) is 25.7 Å². The van der Waals surface area contributed by atoms with Crippen LogP contribution in [0.5, 0.6) is 0 Å². The molecule has 0 radical (unpaired) electrons. The van der Waals surface area contributed by atoms with E-state index >= 15 is 0 Å². The van der Waals surface area contributed by atoms with E-state index in [-0.39, 0.29) is 12.3 Å². The lowest BCUT2D eigenvalue weighted by Gasteiger charge is -2.22. The molecule has 0 aliphatic rings. The van der Waals surface area contributed by atoms with Gasteiger partial charge in [-0.1, -0.05) is 15.9 Å². The minimum atomic E-state index is -0.237. The standard InChI is InChI=1S/C13H21BrN2O2/c1-9-4-10(14)6-11(5-9)16-12(8-15)7-13(17-2)18-3/h4-6,12-13,16H,7-8,15H2,1-3H3. The van der Waals surface area contributed by atoms with Gasteiger partial charge in [0, 0.05) is 43.4 Å². The van der Waals surface area contributed by atoms with Crippen LogP contribution < -0.4 is 11.1 Å². The first-order chi connectivity index (χ1) is 8.58. The molecule has 0 aromatic heterocycles. The van der Waals surface area contributed by atoms with E-state index in [1.54, 1.807) is 14.2 Å². The van der Waals surface area contributed by atoms with Crippen LogP contribution in [0.1, 0.15) is 12.0 Å². The van der Waals surface area contributed by atoms with Gasteiger partial charge in [0.05, 0.1) is 0 Å². The molecule has 0 spiro atoms. The van der Waals surface area contributed by atoms with Crippen LogP contribution in [0, 0.1) is 6.92 Å². The Morgan fingerprint density at radius 1 is 1.28 bits per heavy atom. The summed E-state index contributed by atoms with van der Waals surface area (Å²) in [7, 11) is 3.26. The molecule has 0 amide bonds. The van der Waals surface area contributed by atoms with Gasteiger partial charge < -0.3 is 20.5 Å². The van der Waals surface area contributed by atoms with Gasteiger partial charge in [-0.2, -0.15) is 0 Å². The largest absolute Gasteiger partial charge is 0.381 e. The van der Waals surface area contributed by atoms with E-state index in [2.05, 4.69) is 40.3 Å². The fraction of sp³-hybridized carbons (Fsp3) is 0.538. The molecule has 0 saturated heterocycles. The van der Waals surface area contributed by atoms with Crippen molar-refractivity contribution in [1.82, 2.24) is 0 Å². The number of halogens is 1. The fourth-order valence-corrected chi connectivity index (χ4v) is 2.40. The summed E-state index contributed by atoms with van der Waals surface area (Å²) in [5.41, 5.74) is 8.01. The minimum absolute atomic E-state index is 0.114. The lowest BCUT2D eigenvalue weighted by atomic mass is 10.1. The van der Waals surface area contributed by atoms with Crippen LogP contribution >= 0.6 is 15.9 Å². The smallest absolute Gasteiger partial charge is 0.158 e. The molecule has 3 N–H and O–H groups in total. The fourth-order valence-electron chi connectivity index (χ4n) is 1.79. The Labute approximate surface area is 117 Å². The number of hydrogen-bond acceptors (Lipinski definition) is 4. The molecule has 102 valence electrons. The van der Waals surface area contributed by atoms with E-state index in [1.165, 1.54) is 5.56 Å². The van der Waals surface area contributed by atoms with Crippen molar-refractivity contribution in [3.63, 3.8) is 0 Å². The molecule has 0 saturated carbocycles. The summed E-state index contributed by atoms with van der Waals surface area (Å²) in [5, 5.41) is 3.39. The van der Waals surface area contributed by atoms with E-state index in [1.807, 2.05) is 6.07 Å². The number of benzene rings is 1. The van der Waals surface area contributed by atoms with Crippen molar-refractivity contribution in [3.8, 4) is 0 Å². The van der Waals surface area contributed by atoms with Gasteiger partial charge in [-0.15, -0.1) is 0 Å². The van der Waals surface area contributed by atoms with Gasteiger partial charge >= 0.3 is 0 Å². The first-order valence-corrected chi connectivity index (χ1v) is 6.67. The molecule has 1 atom stereocenters. The SMILES string of the molecule is COC(CC(CN)Nc1cc(C)cc(Br)c1)OC. The van der Waals surface area contributed by atoms with E-state index < -0.39 is 0 Å². The molecule has 0 aliphatic carbocycles. The zero-order valence-electron chi connectivity index (χ0n) is 11.1. The van der Waals surface area contributed by atoms with Gasteiger partial charge in [0.25, 0.3) is 0 Å². The Morgan fingerprint density at radius 3 is 2.44 bits per heavy atom. The molecule has 0 heterocycles. The van der Waals surface area contributed by atoms with Crippen molar-refractivity contribution in [3.05, 3.63) is 28.2 Å². The maximum absolute atomic E-state index is 5.77. The average molecular weight is 317 g/mol. The predicted molar refractivity (Wildman–Crippen MR) is 77.8 cm³/mol. The molecule has 0 fully saturated rings. The van der Waals surface area contributed by atoms with Crippen LogP contribution in [-0.4, -0.2) is 33.1 Å². The monoisotopic (exact) mass is 316 g/mol. The van der Waals surface area contributed by atoms with Crippen LogP contribution in [0.4, 0.5) is 5.69 Å². The van der Waals surface area contributed by atoms with Gasteiger partial charge in [-0.05, 0) is 30.7 Å². The molecule has 1 unspecified atom stereocenters. The molecule has 1 aromatic rings. The van der Waals surface area contributed by atoms with Gasteiger partial charge in [0.1, 0.15) is 0 Å². The van der Waals surface area contributed by atoms with Gasteiger partial charge in [0.2, 0.25) is 0 Å². The summed E-state index contributed by atoms with van der Waals surface area (Å²) in [6.45, 7) is 2.58. The quantitative estimate of drug-likeness (QED) is 0.759. The number of aryl methyl sites for hydroxylation is 1. The van der Waals surface area contributed by atoms with Crippen LogP contribution in [-0.2, 0) is 9.47 Å². The zero-order valence-corrected chi connectivity index (χ0v) is 12.7. The molecular weight excluding hydrogens is 296 g/mol. The highest BCUT2D eigenvalue weighted by Crippen LogP contribution is 2.20. The Balaban J connectivity index is 2.67. The van der Waals surface area contributed by atoms with Crippen LogP contribution in [0.15, 0.2) is 22.7 Å². The van der Waals surface area contributed by atoms with Crippen LogP contribution in [0.2, 0.25) is 0 Å². The summed E-state index contributed by atoms with van der Waals surface area (Å²) in [4.78, 5) is 0. The second-order valence-electron chi connectivity index (χ2n) is 4.23. The molecule has 5 heteroatoms. The van der Waals surface area contributed by atoms with E-state index in [9.17, 15) is 0 Å². The van der Waals surface area contributed by atoms with Crippen molar-refractivity contribution < 1.29 is 9.47 Å².